The average molecular weight is 186 g/mol. The largest absolute Gasteiger partial charge is 0.330 e. The van der Waals surface area contributed by atoms with E-state index in [2.05, 4.69) is 0 Å². The van der Waals surface area contributed by atoms with Gasteiger partial charge in [-0.15, -0.1) is 12.4 Å². The zero-order valence-corrected chi connectivity index (χ0v) is 7.39. The summed E-state index contributed by atoms with van der Waals surface area (Å²) in [4.78, 5) is 0. The maximum Gasteiger partial charge on any atom is 0.254 e. The number of halogens is 3. The van der Waals surface area contributed by atoms with Crippen LogP contribution in [0.5, 0.6) is 0 Å². The first-order valence-corrected chi connectivity index (χ1v) is 3.60. The van der Waals surface area contributed by atoms with Crippen LogP contribution in [0.1, 0.15) is 26.2 Å². The zero-order chi connectivity index (χ0) is 7.83. The molecule has 1 saturated carbocycles. The third-order valence-corrected chi connectivity index (χ3v) is 2.55. The number of hydrogen-bond donors (Lipinski definition) is 1. The molecule has 0 aromatic heterocycles. The first-order valence-electron chi connectivity index (χ1n) is 3.60. The van der Waals surface area contributed by atoms with Crippen molar-refractivity contribution in [3.63, 3.8) is 0 Å². The van der Waals surface area contributed by atoms with Crippen LogP contribution in [0.25, 0.3) is 0 Å². The molecule has 0 aromatic rings. The Labute approximate surface area is 71.7 Å². The summed E-state index contributed by atoms with van der Waals surface area (Å²) >= 11 is 0. The van der Waals surface area contributed by atoms with Crippen molar-refractivity contribution in [2.75, 3.05) is 6.54 Å². The highest BCUT2D eigenvalue weighted by Crippen LogP contribution is 2.49. The van der Waals surface area contributed by atoms with Crippen molar-refractivity contribution >= 4 is 12.4 Å². The summed E-state index contributed by atoms with van der Waals surface area (Å²) in [5, 5.41) is 0. The summed E-state index contributed by atoms with van der Waals surface area (Å²) in [7, 11) is 0. The second kappa shape index (κ2) is 3.23. The van der Waals surface area contributed by atoms with Crippen LogP contribution in [0.2, 0.25) is 0 Å². The number of nitrogens with two attached hydrogens (primary N) is 1. The van der Waals surface area contributed by atoms with Gasteiger partial charge < -0.3 is 5.73 Å². The quantitative estimate of drug-likeness (QED) is 0.666. The predicted octanol–water partition coefficient (Wildman–Crippen LogP) is 2.19. The Kier molecular flexibility index (Phi) is 3.27. The van der Waals surface area contributed by atoms with Crippen molar-refractivity contribution < 1.29 is 8.78 Å². The van der Waals surface area contributed by atoms with Crippen molar-refractivity contribution in [3.05, 3.63) is 0 Å². The van der Waals surface area contributed by atoms with E-state index in [0.29, 0.717) is 12.8 Å². The Morgan fingerprint density at radius 1 is 1.36 bits per heavy atom. The smallest absolute Gasteiger partial charge is 0.254 e. The molecular formula is C7H14ClF2N. The fourth-order valence-corrected chi connectivity index (χ4v) is 1.44. The molecule has 2 N–H and O–H groups in total. The highest BCUT2D eigenvalue weighted by Gasteiger charge is 2.52. The van der Waals surface area contributed by atoms with Crippen molar-refractivity contribution in [1.29, 1.82) is 0 Å². The summed E-state index contributed by atoms with van der Waals surface area (Å²) in [5.74, 6) is -2.53. The van der Waals surface area contributed by atoms with Crippen molar-refractivity contribution in [3.8, 4) is 0 Å². The molecule has 1 aliphatic carbocycles. The molecule has 1 nitrogen and oxygen atoms in total. The highest BCUT2D eigenvalue weighted by atomic mass is 35.5. The fourth-order valence-electron chi connectivity index (χ4n) is 1.44. The summed E-state index contributed by atoms with van der Waals surface area (Å²) in [5.41, 5.74) is 4.34. The van der Waals surface area contributed by atoms with E-state index in [1.165, 1.54) is 0 Å². The van der Waals surface area contributed by atoms with E-state index in [1.807, 2.05) is 0 Å². The molecule has 1 unspecified atom stereocenters. The van der Waals surface area contributed by atoms with Crippen LogP contribution in [0.3, 0.4) is 0 Å². The normalized spacial score (nSPS) is 34.9. The molecule has 0 amide bonds. The Balaban J connectivity index is 0.000001000. The molecule has 4 heteroatoms. The van der Waals surface area contributed by atoms with Crippen LogP contribution in [-0.2, 0) is 0 Å². The topological polar surface area (TPSA) is 26.0 Å². The van der Waals surface area contributed by atoms with Crippen LogP contribution in [0.4, 0.5) is 8.78 Å². The van der Waals surface area contributed by atoms with Gasteiger partial charge in [-0.05, 0) is 12.8 Å². The number of alkyl halides is 2. The summed E-state index contributed by atoms with van der Waals surface area (Å²) in [6.45, 7) is 1.67. The first-order chi connectivity index (χ1) is 4.52. The van der Waals surface area contributed by atoms with Crippen molar-refractivity contribution in [2.24, 2.45) is 11.1 Å². The highest BCUT2D eigenvalue weighted by molar-refractivity contribution is 5.85. The minimum Gasteiger partial charge on any atom is -0.330 e. The molecule has 0 radical (unpaired) electrons. The van der Waals surface area contributed by atoms with Gasteiger partial charge in [-0.25, -0.2) is 8.78 Å². The molecule has 1 aliphatic rings. The Morgan fingerprint density at radius 2 is 1.91 bits per heavy atom. The van der Waals surface area contributed by atoms with Gasteiger partial charge in [0, 0.05) is 18.4 Å². The van der Waals surface area contributed by atoms with Gasteiger partial charge in [-0.1, -0.05) is 6.92 Å². The standard InChI is InChI=1S/C7H13F2N.ClH/c1-6(5-10)3-2-4-7(6,8)9;/h2-5,10H2,1H3;1H. The van der Waals surface area contributed by atoms with Gasteiger partial charge in [0.05, 0.1) is 0 Å². The zero-order valence-electron chi connectivity index (χ0n) is 6.57. The Hall–Kier alpha value is 0.110. The van der Waals surface area contributed by atoms with Gasteiger partial charge >= 0.3 is 0 Å². The van der Waals surface area contributed by atoms with Gasteiger partial charge in [0.25, 0.3) is 5.92 Å². The molecule has 1 atom stereocenters. The molecule has 0 heterocycles. The van der Waals surface area contributed by atoms with E-state index in [1.54, 1.807) is 6.92 Å². The Bertz CT molecular complexity index is 140. The molecule has 11 heavy (non-hydrogen) atoms. The van der Waals surface area contributed by atoms with E-state index in [9.17, 15) is 8.78 Å². The molecule has 0 aliphatic heterocycles. The average Bonchev–Trinajstić information content (AvgIpc) is 2.10. The lowest BCUT2D eigenvalue weighted by atomic mass is 9.86. The van der Waals surface area contributed by atoms with E-state index >= 15 is 0 Å². The van der Waals surface area contributed by atoms with E-state index < -0.39 is 11.3 Å². The van der Waals surface area contributed by atoms with Gasteiger partial charge in [-0.2, -0.15) is 0 Å². The monoisotopic (exact) mass is 185 g/mol. The molecule has 1 fully saturated rings. The SMILES string of the molecule is CC1(CN)CCCC1(F)F.Cl. The first kappa shape index (κ1) is 11.1. The molecular weight excluding hydrogens is 172 g/mol. The van der Waals surface area contributed by atoms with Crippen LogP contribution in [0, 0.1) is 5.41 Å². The summed E-state index contributed by atoms with van der Waals surface area (Å²) in [6, 6.07) is 0. The van der Waals surface area contributed by atoms with Gasteiger partial charge in [0.15, 0.2) is 0 Å². The molecule has 68 valence electrons. The van der Waals surface area contributed by atoms with Gasteiger partial charge in [0.2, 0.25) is 0 Å². The summed E-state index contributed by atoms with van der Waals surface area (Å²) < 4.78 is 25.8. The van der Waals surface area contributed by atoms with Crippen molar-refractivity contribution in [1.82, 2.24) is 0 Å². The predicted molar refractivity (Wildman–Crippen MR) is 43.2 cm³/mol. The molecule has 0 bridgehead atoms. The lowest BCUT2D eigenvalue weighted by Crippen LogP contribution is -2.39. The summed E-state index contributed by atoms with van der Waals surface area (Å²) in [6.07, 6.45) is 1.19. The fraction of sp³-hybridized carbons (Fsp3) is 1.00. The second-order valence-electron chi connectivity index (χ2n) is 3.32. The lowest BCUT2D eigenvalue weighted by molar-refractivity contribution is -0.0847. The third kappa shape index (κ3) is 1.64. The molecule has 0 aromatic carbocycles. The Morgan fingerprint density at radius 3 is 2.09 bits per heavy atom. The minimum absolute atomic E-state index is 0. The van der Waals surface area contributed by atoms with Gasteiger partial charge in [-0.3, -0.25) is 0 Å². The second-order valence-corrected chi connectivity index (χ2v) is 3.32. The van der Waals surface area contributed by atoms with E-state index in [0.717, 1.165) is 0 Å². The van der Waals surface area contributed by atoms with Crippen molar-refractivity contribution in [2.45, 2.75) is 32.1 Å². The maximum atomic E-state index is 12.9. The van der Waals surface area contributed by atoms with E-state index in [4.69, 9.17) is 5.73 Å². The minimum atomic E-state index is -2.53. The lowest BCUT2D eigenvalue weighted by Gasteiger charge is -2.29. The van der Waals surface area contributed by atoms with E-state index in [-0.39, 0.29) is 25.4 Å². The van der Waals surface area contributed by atoms with Gasteiger partial charge in [0.1, 0.15) is 0 Å². The van der Waals surface area contributed by atoms with Crippen LogP contribution in [-0.4, -0.2) is 12.5 Å². The maximum absolute atomic E-state index is 12.9. The van der Waals surface area contributed by atoms with Crippen LogP contribution in [0.15, 0.2) is 0 Å². The number of hydrogen-bond acceptors (Lipinski definition) is 1. The molecule has 1 rings (SSSR count). The third-order valence-electron chi connectivity index (χ3n) is 2.55. The van der Waals surface area contributed by atoms with Crippen LogP contribution < -0.4 is 5.73 Å². The van der Waals surface area contributed by atoms with Crippen LogP contribution >= 0.6 is 12.4 Å². The number of rotatable bonds is 1. The molecule has 0 spiro atoms. The molecule has 0 saturated heterocycles.